The van der Waals surface area contributed by atoms with Crippen LogP contribution in [0.25, 0.3) is 0 Å². The number of para-hydroxylation sites is 1. The molecule has 3 atom stereocenters. The summed E-state index contributed by atoms with van der Waals surface area (Å²) >= 11 is 0. The molecule has 0 spiro atoms. The first-order valence-electron chi connectivity index (χ1n) is 10.7. The van der Waals surface area contributed by atoms with Gasteiger partial charge in [-0.1, -0.05) is 36.4 Å². The first-order chi connectivity index (χ1) is 16.4. The lowest BCUT2D eigenvalue weighted by atomic mass is 9.90. The van der Waals surface area contributed by atoms with Crippen LogP contribution in [0.5, 0.6) is 5.75 Å². The van der Waals surface area contributed by atoms with Crippen LogP contribution >= 0.6 is 0 Å². The number of aryl methyl sites for hydroxylation is 1. The van der Waals surface area contributed by atoms with Crippen molar-refractivity contribution >= 4 is 28.9 Å². The summed E-state index contributed by atoms with van der Waals surface area (Å²) in [6.07, 6.45) is -1.06. The van der Waals surface area contributed by atoms with Crippen molar-refractivity contribution < 1.29 is 24.1 Å². The fraction of sp³-hybridized carbons (Fsp3) is 0.200. The number of carbonyl (C=O) groups is 2. The molecule has 0 aromatic heterocycles. The van der Waals surface area contributed by atoms with Crippen LogP contribution in [-0.2, 0) is 14.4 Å². The maximum atomic E-state index is 13.7. The number of hydroxylamine groups is 1. The fourth-order valence-electron chi connectivity index (χ4n) is 4.57. The van der Waals surface area contributed by atoms with Crippen molar-refractivity contribution in [1.29, 1.82) is 0 Å². The molecule has 34 heavy (non-hydrogen) atoms. The Labute approximate surface area is 195 Å². The third kappa shape index (κ3) is 3.37. The summed E-state index contributed by atoms with van der Waals surface area (Å²) in [5.41, 5.74) is 2.40. The lowest BCUT2D eigenvalue weighted by molar-refractivity contribution is -0.384. The topological polar surface area (TPSA) is 102 Å². The van der Waals surface area contributed by atoms with Crippen molar-refractivity contribution in [2.75, 3.05) is 17.1 Å². The summed E-state index contributed by atoms with van der Waals surface area (Å²) < 4.78 is 5.26. The summed E-state index contributed by atoms with van der Waals surface area (Å²) in [5.74, 6) is -1.19. The Bertz CT molecular complexity index is 1290. The smallest absolute Gasteiger partial charge is 0.271 e. The lowest BCUT2D eigenvalue weighted by Gasteiger charge is -2.29. The number of nitro groups is 1. The van der Waals surface area contributed by atoms with E-state index in [0.717, 1.165) is 21.7 Å². The van der Waals surface area contributed by atoms with Gasteiger partial charge in [-0.2, -0.15) is 0 Å². The van der Waals surface area contributed by atoms with Crippen molar-refractivity contribution in [2.24, 2.45) is 5.92 Å². The highest BCUT2D eigenvalue weighted by Crippen LogP contribution is 2.48. The molecule has 2 fully saturated rings. The van der Waals surface area contributed by atoms with Gasteiger partial charge in [0.1, 0.15) is 11.7 Å². The van der Waals surface area contributed by atoms with E-state index in [9.17, 15) is 19.7 Å². The Morgan fingerprint density at radius 3 is 2.38 bits per heavy atom. The van der Waals surface area contributed by atoms with E-state index in [1.807, 2.05) is 43.3 Å². The van der Waals surface area contributed by atoms with Crippen molar-refractivity contribution in [3.8, 4) is 5.75 Å². The van der Waals surface area contributed by atoms with Crippen LogP contribution < -0.4 is 14.7 Å². The van der Waals surface area contributed by atoms with Gasteiger partial charge in [-0.05, 0) is 42.3 Å². The Morgan fingerprint density at radius 1 is 0.971 bits per heavy atom. The molecule has 2 heterocycles. The molecule has 3 aromatic rings. The first-order valence-corrected chi connectivity index (χ1v) is 10.7. The standard InChI is InChI=1S/C25H21N3O6/c1-15-6-3-4-9-20(15)27-22(16-10-12-19(33-2)13-11-16)21-23(34-27)25(30)26(24(21)29)17-7-5-8-18(14-17)28(31)32/h3-14,21-23H,1-2H3/t21-,22-,23+/m0/s1. The number of methoxy groups -OCH3 is 1. The third-order valence-electron chi connectivity index (χ3n) is 6.22. The molecule has 0 saturated carbocycles. The molecule has 2 saturated heterocycles. The second-order valence-electron chi connectivity index (χ2n) is 8.17. The second kappa shape index (κ2) is 8.27. The van der Waals surface area contributed by atoms with E-state index < -0.39 is 34.8 Å². The average molecular weight is 459 g/mol. The number of fused-ring (bicyclic) bond motifs is 1. The number of carbonyl (C=O) groups excluding carboxylic acids is 2. The number of nitrogens with zero attached hydrogens (tertiary/aromatic N) is 3. The number of hydrogen-bond donors (Lipinski definition) is 0. The van der Waals surface area contributed by atoms with Gasteiger partial charge < -0.3 is 4.74 Å². The number of non-ortho nitro benzene ring substituents is 1. The highest BCUT2D eigenvalue weighted by Gasteiger charge is 2.60. The minimum atomic E-state index is -1.06. The first kappa shape index (κ1) is 21.6. The van der Waals surface area contributed by atoms with Gasteiger partial charge in [-0.25, -0.2) is 9.96 Å². The van der Waals surface area contributed by atoms with E-state index in [4.69, 9.17) is 9.57 Å². The van der Waals surface area contributed by atoms with Gasteiger partial charge in [-0.15, -0.1) is 0 Å². The van der Waals surface area contributed by atoms with E-state index in [2.05, 4.69) is 0 Å². The maximum Gasteiger partial charge on any atom is 0.271 e. The maximum absolute atomic E-state index is 13.7. The number of ether oxygens (including phenoxy) is 1. The van der Waals surface area contributed by atoms with Crippen molar-refractivity contribution in [3.05, 3.63) is 94.0 Å². The molecule has 0 radical (unpaired) electrons. The molecule has 0 aliphatic carbocycles. The number of benzene rings is 3. The summed E-state index contributed by atoms with van der Waals surface area (Å²) in [6, 6.07) is 19.7. The SMILES string of the molecule is COc1ccc([C@H]2[C@@H]3C(=O)N(c4cccc([N+](=O)[O-])c4)C(=O)[C@@H]3ON2c2ccccc2C)cc1. The summed E-state index contributed by atoms with van der Waals surface area (Å²) in [6.45, 7) is 1.93. The molecule has 0 bridgehead atoms. The molecule has 0 N–H and O–H groups in total. The minimum Gasteiger partial charge on any atom is -0.497 e. The monoisotopic (exact) mass is 459 g/mol. The van der Waals surface area contributed by atoms with Crippen molar-refractivity contribution in [2.45, 2.75) is 19.1 Å². The summed E-state index contributed by atoms with van der Waals surface area (Å²) in [4.78, 5) is 44.8. The van der Waals surface area contributed by atoms with Gasteiger partial charge in [0, 0.05) is 12.1 Å². The van der Waals surface area contributed by atoms with Gasteiger partial charge in [0.05, 0.1) is 29.4 Å². The molecule has 9 heteroatoms. The normalized spacial score (nSPS) is 21.6. The quantitative estimate of drug-likeness (QED) is 0.323. The zero-order valence-electron chi connectivity index (χ0n) is 18.5. The number of rotatable bonds is 5. The van der Waals surface area contributed by atoms with Gasteiger partial charge >= 0.3 is 0 Å². The predicted molar refractivity (Wildman–Crippen MR) is 123 cm³/mol. The molecule has 3 aromatic carbocycles. The fourth-order valence-corrected chi connectivity index (χ4v) is 4.57. The Kier molecular flexibility index (Phi) is 5.25. The largest absolute Gasteiger partial charge is 0.497 e. The molecule has 9 nitrogen and oxygen atoms in total. The van der Waals surface area contributed by atoms with Gasteiger partial charge in [-0.3, -0.25) is 24.5 Å². The molecule has 2 amide bonds. The summed E-state index contributed by atoms with van der Waals surface area (Å²) in [7, 11) is 1.57. The van der Waals surface area contributed by atoms with Crippen molar-refractivity contribution in [3.63, 3.8) is 0 Å². The van der Waals surface area contributed by atoms with Gasteiger partial charge in [0.25, 0.3) is 11.6 Å². The number of amides is 2. The van der Waals surface area contributed by atoms with E-state index in [-0.39, 0.29) is 11.4 Å². The van der Waals surface area contributed by atoms with Crippen LogP contribution in [0.4, 0.5) is 17.1 Å². The molecule has 0 unspecified atom stereocenters. The van der Waals surface area contributed by atoms with E-state index in [0.29, 0.717) is 5.75 Å². The Balaban J connectivity index is 1.59. The minimum absolute atomic E-state index is 0.151. The molecular formula is C25H21N3O6. The predicted octanol–water partition coefficient (Wildman–Crippen LogP) is 3.96. The molecular weight excluding hydrogens is 438 g/mol. The molecule has 172 valence electrons. The van der Waals surface area contributed by atoms with E-state index in [1.165, 1.54) is 24.3 Å². The molecule has 5 rings (SSSR count). The van der Waals surface area contributed by atoms with E-state index >= 15 is 0 Å². The highest BCUT2D eigenvalue weighted by atomic mass is 16.7. The Hall–Kier alpha value is -4.24. The van der Waals surface area contributed by atoms with Crippen LogP contribution in [0, 0.1) is 23.0 Å². The zero-order chi connectivity index (χ0) is 24.0. The van der Waals surface area contributed by atoms with Crippen LogP contribution in [0.15, 0.2) is 72.8 Å². The van der Waals surface area contributed by atoms with Gasteiger partial charge in [0.15, 0.2) is 6.10 Å². The molecule has 2 aliphatic heterocycles. The van der Waals surface area contributed by atoms with Crippen LogP contribution in [0.3, 0.4) is 0 Å². The highest BCUT2D eigenvalue weighted by molar-refractivity contribution is 6.24. The average Bonchev–Trinajstić information content (AvgIpc) is 3.35. The second-order valence-corrected chi connectivity index (χ2v) is 8.17. The van der Waals surface area contributed by atoms with Crippen molar-refractivity contribution in [1.82, 2.24) is 0 Å². The third-order valence-corrected chi connectivity index (χ3v) is 6.22. The summed E-state index contributed by atoms with van der Waals surface area (Å²) in [5, 5.41) is 12.9. The lowest BCUT2D eigenvalue weighted by Crippen LogP contribution is -2.37. The molecule has 2 aliphatic rings. The van der Waals surface area contributed by atoms with Gasteiger partial charge in [0.2, 0.25) is 5.91 Å². The van der Waals surface area contributed by atoms with Crippen LogP contribution in [0.1, 0.15) is 17.2 Å². The number of nitro benzene ring substituents is 1. The van der Waals surface area contributed by atoms with E-state index in [1.54, 1.807) is 24.3 Å². The van der Waals surface area contributed by atoms with Crippen LogP contribution in [-0.4, -0.2) is 30.0 Å². The zero-order valence-corrected chi connectivity index (χ0v) is 18.5. The number of anilines is 2. The Morgan fingerprint density at radius 2 is 1.71 bits per heavy atom. The number of imide groups is 1. The van der Waals surface area contributed by atoms with Crippen LogP contribution in [0.2, 0.25) is 0 Å². The number of hydrogen-bond acceptors (Lipinski definition) is 7.